The van der Waals surface area contributed by atoms with Gasteiger partial charge in [0.25, 0.3) is 0 Å². The van der Waals surface area contributed by atoms with Crippen molar-refractivity contribution in [3.63, 3.8) is 0 Å². The van der Waals surface area contributed by atoms with Crippen LogP contribution in [0.1, 0.15) is 20.8 Å². The number of nitrogens with one attached hydrogen (secondary N) is 1. The van der Waals surface area contributed by atoms with Crippen molar-refractivity contribution in [2.75, 3.05) is 13.1 Å². The Kier molecular flexibility index (Phi) is 3.09. The molecule has 1 aliphatic heterocycles. The second-order valence-corrected chi connectivity index (χ2v) is 3.74. The molecule has 0 radical (unpaired) electrons. The average molecular weight is 171 g/mol. The van der Waals surface area contributed by atoms with E-state index in [0.29, 0.717) is 5.92 Å². The summed E-state index contributed by atoms with van der Waals surface area (Å²) in [6.07, 6.45) is 0.0399. The summed E-state index contributed by atoms with van der Waals surface area (Å²) in [6, 6.07) is 0. The zero-order valence-corrected chi connectivity index (χ0v) is 7.96. The lowest BCUT2D eigenvalue weighted by Crippen LogP contribution is -2.48. The molecule has 3 heteroatoms. The first kappa shape index (κ1) is 9.52. The molecule has 0 aromatic heterocycles. The van der Waals surface area contributed by atoms with Gasteiger partial charge in [0, 0.05) is 13.1 Å². The Morgan fingerprint density at radius 3 is 2.33 bits per heavy atom. The van der Waals surface area contributed by atoms with E-state index in [9.17, 15) is 4.79 Å². The first-order valence-corrected chi connectivity index (χ1v) is 4.52. The predicted molar refractivity (Wildman–Crippen MR) is 46.8 cm³/mol. The van der Waals surface area contributed by atoms with Crippen molar-refractivity contribution in [2.24, 2.45) is 11.8 Å². The van der Waals surface area contributed by atoms with Crippen molar-refractivity contribution in [2.45, 2.75) is 26.9 Å². The van der Waals surface area contributed by atoms with Gasteiger partial charge in [-0.15, -0.1) is 0 Å². The molecular formula is C9H17NO2. The number of hydrogen-bond donors (Lipinski definition) is 1. The number of carbonyl (C=O) groups is 1. The lowest BCUT2D eigenvalue weighted by atomic mass is 10.0. The van der Waals surface area contributed by atoms with Gasteiger partial charge >= 0.3 is 5.97 Å². The topological polar surface area (TPSA) is 38.3 Å². The fourth-order valence-electron chi connectivity index (χ4n) is 0.871. The molecule has 0 aromatic rings. The van der Waals surface area contributed by atoms with Crippen molar-refractivity contribution in [1.29, 1.82) is 0 Å². The van der Waals surface area contributed by atoms with Gasteiger partial charge in [-0.2, -0.15) is 0 Å². The summed E-state index contributed by atoms with van der Waals surface area (Å²) in [5.74, 6) is 0.461. The van der Waals surface area contributed by atoms with Gasteiger partial charge in [-0.05, 0) is 12.8 Å². The standard InChI is InChI=1S/C9H17NO2/c1-6(2)7(3)12-9(11)8-4-10-5-8/h6-8,10H,4-5H2,1-3H3. The monoisotopic (exact) mass is 171 g/mol. The molecule has 1 unspecified atom stereocenters. The van der Waals surface area contributed by atoms with E-state index in [-0.39, 0.29) is 18.0 Å². The van der Waals surface area contributed by atoms with E-state index in [1.54, 1.807) is 0 Å². The molecule has 3 nitrogen and oxygen atoms in total. The molecule has 12 heavy (non-hydrogen) atoms. The van der Waals surface area contributed by atoms with E-state index < -0.39 is 0 Å². The van der Waals surface area contributed by atoms with Crippen LogP contribution in [-0.2, 0) is 9.53 Å². The van der Waals surface area contributed by atoms with Gasteiger partial charge < -0.3 is 10.1 Å². The highest BCUT2D eigenvalue weighted by Crippen LogP contribution is 2.11. The maximum absolute atomic E-state index is 11.3. The molecule has 0 amide bonds. The number of hydrogen-bond acceptors (Lipinski definition) is 3. The Hall–Kier alpha value is -0.570. The molecule has 70 valence electrons. The highest BCUT2D eigenvalue weighted by molar-refractivity contribution is 5.74. The highest BCUT2D eigenvalue weighted by Gasteiger charge is 2.27. The predicted octanol–water partition coefficient (Wildman–Crippen LogP) is 0.793. The van der Waals surface area contributed by atoms with E-state index in [0.717, 1.165) is 13.1 Å². The van der Waals surface area contributed by atoms with Gasteiger partial charge in [-0.1, -0.05) is 13.8 Å². The Balaban J connectivity index is 2.25. The minimum atomic E-state index is -0.0463. The van der Waals surface area contributed by atoms with Crippen LogP contribution >= 0.6 is 0 Å². The van der Waals surface area contributed by atoms with E-state index in [2.05, 4.69) is 19.2 Å². The third kappa shape index (κ3) is 2.21. The fraction of sp³-hybridized carbons (Fsp3) is 0.889. The summed E-state index contributed by atoms with van der Waals surface area (Å²) >= 11 is 0. The van der Waals surface area contributed by atoms with Crippen LogP contribution in [0.25, 0.3) is 0 Å². The van der Waals surface area contributed by atoms with Gasteiger partial charge in [0.05, 0.1) is 5.92 Å². The fourth-order valence-corrected chi connectivity index (χ4v) is 0.871. The van der Waals surface area contributed by atoms with Crippen LogP contribution in [-0.4, -0.2) is 25.2 Å². The molecule has 1 saturated heterocycles. The van der Waals surface area contributed by atoms with Gasteiger partial charge in [0.1, 0.15) is 6.10 Å². The van der Waals surface area contributed by atoms with Crippen LogP contribution in [0.15, 0.2) is 0 Å². The van der Waals surface area contributed by atoms with E-state index >= 15 is 0 Å². The Morgan fingerprint density at radius 1 is 1.42 bits per heavy atom. The van der Waals surface area contributed by atoms with Crippen molar-refractivity contribution < 1.29 is 9.53 Å². The maximum Gasteiger partial charge on any atom is 0.311 e. The lowest BCUT2D eigenvalue weighted by molar-refractivity contribution is -0.156. The van der Waals surface area contributed by atoms with E-state index in [1.165, 1.54) is 0 Å². The molecule has 0 saturated carbocycles. The lowest BCUT2D eigenvalue weighted by Gasteiger charge is -2.27. The maximum atomic E-state index is 11.3. The Morgan fingerprint density at radius 2 is 2.00 bits per heavy atom. The zero-order valence-electron chi connectivity index (χ0n) is 7.96. The molecule has 1 heterocycles. The van der Waals surface area contributed by atoms with Gasteiger partial charge in [0.2, 0.25) is 0 Å². The summed E-state index contributed by atoms with van der Waals surface area (Å²) in [5.41, 5.74) is 0. The van der Waals surface area contributed by atoms with E-state index in [4.69, 9.17) is 4.74 Å². The van der Waals surface area contributed by atoms with Crippen molar-refractivity contribution in [1.82, 2.24) is 5.32 Å². The Bertz CT molecular complexity index is 164. The van der Waals surface area contributed by atoms with Crippen LogP contribution in [0, 0.1) is 11.8 Å². The SMILES string of the molecule is CC(C)C(C)OC(=O)C1CNC1. The number of ether oxygens (including phenoxy) is 1. The quantitative estimate of drug-likeness (QED) is 0.638. The van der Waals surface area contributed by atoms with E-state index in [1.807, 2.05) is 6.92 Å². The summed E-state index contributed by atoms with van der Waals surface area (Å²) in [5, 5.41) is 3.04. The first-order chi connectivity index (χ1) is 5.61. The molecule has 1 atom stereocenters. The molecule has 0 aliphatic carbocycles. The van der Waals surface area contributed by atoms with Crippen molar-refractivity contribution >= 4 is 5.97 Å². The molecule has 0 bridgehead atoms. The molecule has 1 N–H and O–H groups in total. The number of carbonyl (C=O) groups excluding carboxylic acids is 1. The average Bonchev–Trinajstić information content (AvgIpc) is 1.82. The molecule has 1 rings (SSSR count). The minimum absolute atomic E-state index is 0.0399. The highest BCUT2D eigenvalue weighted by atomic mass is 16.5. The van der Waals surface area contributed by atoms with Crippen molar-refractivity contribution in [3.8, 4) is 0 Å². The summed E-state index contributed by atoms with van der Waals surface area (Å²) in [4.78, 5) is 11.3. The van der Waals surface area contributed by atoms with Gasteiger partial charge in [-0.3, -0.25) is 4.79 Å². The zero-order chi connectivity index (χ0) is 9.14. The smallest absolute Gasteiger partial charge is 0.311 e. The van der Waals surface area contributed by atoms with Gasteiger partial charge in [0.15, 0.2) is 0 Å². The second kappa shape index (κ2) is 3.90. The molecule has 0 spiro atoms. The summed E-state index contributed by atoms with van der Waals surface area (Å²) < 4.78 is 5.24. The minimum Gasteiger partial charge on any atom is -0.462 e. The first-order valence-electron chi connectivity index (χ1n) is 4.52. The Labute approximate surface area is 73.5 Å². The summed E-state index contributed by atoms with van der Waals surface area (Å²) in [6.45, 7) is 7.61. The van der Waals surface area contributed by atoms with Gasteiger partial charge in [-0.25, -0.2) is 0 Å². The number of rotatable bonds is 3. The molecular weight excluding hydrogens is 154 g/mol. The van der Waals surface area contributed by atoms with Crippen LogP contribution in [0.3, 0.4) is 0 Å². The summed E-state index contributed by atoms with van der Waals surface area (Å²) in [7, 11) is 0. The second-order valence-electron chi connectivity index (χ2n) is 3.74. The molecule has 0 aromatic carbocycles. The number of esters is 1. The molecule has 1 aliphatic rings. The normalized spacial score (nSPS) is 20.3. The van der Waals surface area contributed by atoms with Crippen LogP contribution in [0.5, 0.6) is 0 Å². The van der Waals surface area contributed by atoms with Crippen molar-refractivity contribution in [3.05, 3.63) is 0 Å². The third-order valence-corrected chi connectivity index (χ3v) is 2.36. The van der Waals surface area contributed by atoms with Crippen LogP contribution in [0.4, 0.5) is 0 Å². The van der Waals surface area contributed by atoms with Crippen LogP contribution < -0.4 is 5.32 Å². The van der Waals surface area contributed by atoms with Crippen LogP contribution in [0.2, 0.25) is 0 Å². The molecule has 1 fully saturated rings. The largest absolute Gasteiger partial charge is 0.462 e. The third-order valence-electron chi connectivity index (χ3n) is 2.36.